The molecule has 9 heteroatoms. The lowest BCUT2D eigenvalue weighted by atomic mass is 10.1. The molecule has 126 valence electrons. The summed E-state index contributed by atoms with van der Waals surface area (Å²) in [6, 6.07) is 4.48. The molecule has 0 saturated heterocycles. The van der Waals surface area contributed by atoms with E-state index in [1.54, 1.807) is 6.07 Å². The topological polar surface area (TPSA) is 82.3 Å². The van der Waals surface area contributed by atoms with E-state index < -0.39 is 11.8 Å². The molecular formula is C14H18Cl2N4O2S. The third kappa shape index (κ3) is 7.49. The van der Waals surface area contributed by atoms with Crippen molar-refractivity contribution < 1.29 is 9.59 Å². The second-order valence-corrected chi connectivity index (χ2v) is 6.94. The number of hydrogen-bond acceptors (Lipinski definition) is 3. The molecular weight excluding hydrogens is 359 g/mol. The van der Waals surface area contributed by atoms with Gasteiger partial charge in [0.1, 0.15) is 0 Å². The highest BCUT2D eigenvalue weighted by molar-refractivity contribution is 7.80. The highest BCUT2D eigenvalue weighted by Gasteiger charge is 2.13. The highest BCUT2D eigenvalue weighted by Crippen LogP contribution is 2.20. The Morgan fingerprint density at radius 1 is 1.17 bits per heavy atom. The smallest absolute Gasteiger partial charge is 0.257 e. The molecule has 0 bridgehead atoms. The normalized spacial score (nSPS) is 10.7. The Kier molecular flexibility index (Phi) is 7.05. The van der Waals surface area contributed by atoms with E-state index >= 15 is 0 Å². The van der Waals surface area contributed by atoms with Crippen molar-refractivity contribution in [3.63, 3.8) is 0 Å². The van der Waals surface area contributed by atoms with E-state index in [4.69, 9.17) is 35.4 Å². The van der Waals surface area contributed by atoms with E-state index in [2.05, 4.69) is 21.5 Å². The van der Waals surface area contributed by atoms with Crippen LogP contribution in [0, 0.1) is 0 Å². The molecule has 0 unspecified atom stereocenters. The number of hydrazine groups is 1. The fourth-order valence-corrected chi connectivity index (χ4v) is 2.32. The summed E-state index contributed by atoms with van der Waals surface area (Å²) >= 11 is 16.7. The van der Waals surface area contributed by atoms with Gasteiger partial charge in [0, 0.05) is 10.6 Å². The zero-order valence-corrected chi connectivity index (χ0v) is 15.2. The van der Waals surface area contributed by atoms with Crippen molar-refractivity contribution in [2.45, 2.75) is 26.3 Å². The summed E-state index contributed by atoms with van der Waals surface area (Å²) in [7, 11) is 0. The van der Waals surface area contributed by atoms with Gasteiger partial charge in [0.15, 0.2) is 5.11 Å². The van der Waals surface area contributed by atoms with Gasteiger partial charge in [-0.15, -0.1) is 0 Å². The lowest BCUT2D eigenvalue weighted by Crippen LogP contribution is -2.53. The molecule has 6 nitrogen and oxygen atoms in total. The van der Waals surface area contributed by atoms with Crippen LogP contribution in [0.1, 0.15) is 31.1 Å². The van der Waals surface area contributed by atoms with Gasteiger partial charge in [-0.25, -0.2) is 0 Å². The van der Waals surface area contributed by atoms with Crippen LogP contribution >= 0.6 is 35.4 Å². The third-order valence-corrected chi connectivity index (χ3v) is 3.14. The van der Waals surface area contributed by atoms with Gasteiger partial charge in [-0.05, 0) is 51.2 Å². The largest absolute Gasteiger partial charge is 0.357 e. The first-order valence-electron chi connectivity index (χ1n) is 6.69. The average Bonchev–Trinajstić information content (AvgIpc) is 2.40. The van der Waals surface area contributed by atoms with Crippen molar-refractivity contribution in [1.82, 2.24) is 21.5 Å². The van der Waals surface area contributed by atoms with E-state index in [-0.39, 0.29) is 27.8 Å². The molecule has 0 spiro atoms. The minimum atomic E-state index is -0.475. The zero-order valence-electron chi connectivity index (χ0n) is 12.9. The highest BCUT2D eigenvalue weighted by atomic mass is 35.5. The molecule has 2 amide bonds. The summed E-state index contributed by atoms with van der Waals surface area (Å²) in [6.07, 6.45) is 0. The van der Waals surface area contributed by atoms with Crippen LogP contribution in [-0.4, -0.2) is 29.0 Å². The molecule has 1 aromatic rings. The standard InChI is InChI=1S/C14H18Cl2N4O2S/c1-14(2,3)18-13(23)20-19-11(21)7-17-12(22)9-5-4-8(15)6-10(9)16/h4-6H,7H2,1-3H3,(H,17,22)(H,19,21)(H2,18,20,23). The van der Waals surface area contributed by atoms with Crippen LogP contribution in [-0.2, 0) is 4.79 Å². The van der Waals surface area contributed by atoms with Crippen molar-refractivity contribution in [2.24, 2.45) is 0 Å². The quantitative estimate of drug-likeness (QED) is 0.479. The zero-order chi connectivity index (χ0) is 17.6. The van der Waals surface area contributed by atoms with E-state index in [0.717, 1.165) is 0 Å². The summed E-state index contributed by atoms with van der Waals surface area (Å²) in [4.78, 5) is 23.6. The molecule has 0 aliphatic heterocycles. The van der Waals surface area contributed by atoms with Crippen LogP contribution in [0.2, 0.25) is 10.0 Å². The molecule has 23 heavy (non-hydrogen) atoms. The van der Waals surface area contributed by atoms with E-state index in [1.165, 1.54) is 12.1 Å². The van der Waals surface area contributed by atoms with Crippen LogP contribution < -0.4 is 21.5 Å². The molecule has 0 radical (unpaired) electrons. The molecule has 0 atom stereocenters. The van der Waals surface area contributed by atoms with Crippen LogP contribution in [0.4, 0.5) is 0 Å². The van der Waals surface area contributed by atoms with Crippen LogP contribution in [0.15, 0.2) is 18.2 Å². The van der Waals surface area contributed by atoms with Crippen LogP contribution in [0.25, 0.3) is 0 Å². The van der Waals surface area contributed by atoms with Gasteiger partial charge in [0.2, 0.25) is 0 Å². The maximum Gasteiger partial charge on any atom is 0.257 e. The first kappa shape index (κ1) is 19.5. The van der Waals surface area contributed by atoms with Crippen molar-refractivity contribution in [3.8, 4) is 0 Å². The van der Waals surface area contributed by atoms with Crippen LogP contribution in [0.5, 0.6) is 0 Å². The number of hydrogen-bond donors (Lipinski definition) is 4. The number of halogens is 2. The van der Waals surface area contributed by atoms with Crippen LogP contribution in [0.3, 0.4) is 0 Å². The Bertz CT molecular complexity index is 617. The summed E-state index contributed by atoms with van der Waals surface area (Å²) in [5, 5.41) is 6.33. The number of benzene rings is 1. The minimum absolute atomic E-state index is 0.212. The lowest BCUT2D eigenvalue weighted by Gasteiger charge is -2.23. The molecule has 0 aliphatic carbocycles. The monoisotopic (exact) mass is 376 g/mol. The van der Waals surface area contributed by atoms with Gasteiger partial charge >= 0.3 is 0 Å². The summed E-state index contributed by atoms with van der Waals surface area (Å²) < 4.78 is 0. The SMILES string of the molecule is CC(C)(C)NC(=S)NNC(=O)CNC(=O)c1ccc(Cl)cc1Cl. The molecule has 0 heterocycles. The van der Waals surface area contributed by atoms with Gasteiger partial charge in [-0.2, -0.15) is 0 Å². The first-order valence-corrected chi connectivity index (χ1v) is 7.85. The fraction of sp³-hybridized carbons (Fsp3) is 0.357. The summed E-state index contributed by atoms with van der Waals surface area (Å²) in [5.41, 5.74) is 4.93. The van der Waals surface area contributed by atoms with Crippen molar-refractivity contribution in [3.05, 3.63) is 33.8 Å². The lowest BCUT2D eigenvalue weighted by molar-refractivity contribution is -0.120. The van der Waals surface area contributed by atoms with E-state index in [0.29, 0.717) is 5.02 Å². The van der Waals surface area contributed by atoms with Gasteiger partial charge in [-0.1, -0.05) is 23.2 Å². The molecule has 0 saturated carbocycles. The number of rotatable bonds is 3. The predicted octanol–water partition coefficient (Wildman–Crippen LogP) is 2.02. The Hall–Kier alpha value is -1.57. The molecule has 1 aromatic carbocycles. The maximum absolute atomic E-state index is 11.9. The van der Waals surface area contributed by atoms with Crippen molar-refractivity contribution >= 4 is 52.3 Å². The number of thiocarbonyl (C=S) groups is 1. The second-order valence-electron chi connectivity index (χ2n) is 5.68. The van der Waals surface area contributed by atoms with Crippen molar-refractivity contribution in [1.29, 1.82) is 0 Å². The number of nitrogens with one attached hydrogen (secondary N) is 4. The van der Waals surface area contributed by atoms with Gasteiger partial charge in [-0.3, -0.25) is 20.4 Å². The summed E-state index contributed by atoms with van der Waals surface area (Å²) in [6.45, 7) is 5.56. The summed E-state index contributed by atoms with van der Waals surface area (Å²) in [5.74, 6) is -0.932. The van der Waals surface area contributed by atoms with Crippen molar-refractivity contribution in [2.75, 3.05) is 6.54 Å². The Labute approximate surface area is 150 Å². The molecule has 0 aliphatic rings. The van der Waals surface area contributed by atoms with E-state index in [9.17, 15) is 9.59 Å². The van der Waals surface area contributed by atoms with Gasteiger partial charge in [0.25, 0.3) is 11.8 Å². The molecule has 0 fully saturated rings. The van der Waals surface area contributed by atoms with Gasteiger partial charge < -0.3 is 10.6 Å². The third-order valence-electron chi connectivity index (χ3n) is 2.39. The van der Waals surface area contributed by atoms with Gasteiger partial charge in [0.05, 0.1) is 17.1 Å². The Morgan fingerprint density at radius 3 is 2.39 bits per heavy atom. The predicted molar refractivity (Wildman–Crippen MR) is 95.6 cm³/mol. The molecule has 0 aromatic heterocycles. The van der Waals surface area contributed by atoms with E-state index in [1.807, 2.05) is 20.8 Å². The minimum Gasteiger partial charge on any atom is -0.357 e. The number of amides is 2. The number of carbonyl (C=O) groups excluding carboxylic acids is 2. The average molecular weight is 377 g/mol. The fourth-order valence-electron chi connectivity index (χ4n) is 1.47. The maximum atomic E-state index is 11.9. The first-order chi connectivity index (χ1) is 10.6. The Morgan fingerprint density at radius 2 is 1.83 bits per heavy atom. The molecule has 1 rings (SSSR count). The Balaban J connectivity index is 2.41. The number of carbonyl (C=O) groups is 2. The second kappa shape index (κ2) is 8.33. The molecule has 4 N–H and O–H groups in total.